The second kappa shape index (κ2) is 14.7. The second-order valence-corrected chi connectivity index (χ2v) is 11.8. The van der Waals surface area contributed by atoms with Crippen molar-refractivity contribution in [2.75, 3.05) is 33.4 Å². The van der Waals surface area contributed by atoms with Crippen LogP contribution in [0.5, 0.6) is 0 Å². The standard InChI is InChI=1S/C21H24ClFN4O3.C6H5Cl.C4H8O/c1-21(30,12-3-5-26(2)6-4-12)13-7-15-18(16(23)8-13)20(29)27(19(15)28)11-17-24-9-14(22)10-25-17;7-6-4-2-1-3-5-6;1-2-4-5-3-1/h7-10,12,20,29-30H,3-6,11H2,1-2H3;1-5H;1-4H2. The zero-order valence-electron chi connectivity index (χ0n) is 23.8. The van der Waals surface area contributed by atoms with Gasteiger partial charge >= 0.3 is 0 Å². The van der Waals surface area contributed by atoms with E-state index in [0.717, 1.165) is 49.1 Å². The number of carbonyl (C=O) groups is 1. The summed E-state index contributed by atoms with van der Waals surface area (Å²) in [4.78, 5) is 24.3. The molecule has 2 saturated heterocycles. The van der Waals surface area contributed by atoms with E-state index < -0.39 is 23.6 Å². The molecule has 6 rings (SSSR count). The molecule has 4 heterocycles. The number of nitrogens with zero attached hydrogens (tertiary/aromatic N) is 4. The molecule has 3 aliphatic heterocycles. The number of halogens is 3. The van der Waals surface area contributed by atoms with Gasteiger partial charge in [-0.05, 0) is 88.5 Å². The van der Waals surface area contributed by atoms with E-state index in [-0.39, 0.29) is 29.4 Å². The maximum atomic E-state index is 15.0. The first-order valence-electron chi connectivity index (χ1n) is 14.1. The highest BCUT2D eigenvalue weighted by molar-refractivity contribution is 6.30. The minimum atomic E-state index is -1.45. The molecule has 2 aromatic carbocycles. The van der Waals surface area contributed by atoms with Crippen LogP contribution in [0.2, 0.25) is 10.0 Å². The van der Waals surface area contributed by atoms with Crippen molar-refractivity contribution < 1.29 is 24.1 Å². The summed E-state index contributed by atoms with van der Waals surface area (Å²) < 4.78 is 19.9. The number of hydrogen-bond acceptors (Lipinski definition) is 7. The fourth-order valence-electron chi connectivity index (χ4n) is 5.23. The smallest absolute Gasteiger partial charge is 0.257 e. The molecule has 42 heavy (non-hydrogen) atoms. The Morgan fingerprint density at radius 2 is 1.67 bits per heavy atom. The number of aliphatic hydroxyl groups excluding tert-OH is 1. The van der Waals surface area contributed by atoms with Crippen LogP contribution in [0.4, 0.5) is 4.39 Å². The molecule has 8 nitrogen and oxygen atoms in total. The van der Waals surface area contributed by atoms with Gasteiger partial charge in [0.1, 0.15) is 11.6 Å². The molecule has 226 valence electrons. The van der Waals surface area contributed by atoms with Crippen molar-refractivity contribution in [3.63, 3.8) is 0 Å². The molecule has 2 N–H and O–H groups in total. The minimum absolute atomic E-state index is 0.0499. The van der Waals surface area contributed by atoms with Crippen molar-refractivity contribution in [1.82, 2.24) is 19.8 Å². The summed E-state index contributed by atoms with van der Waals surface area (Å²) in [6.45, 7) is 5.27. The molecule has 2 atom stereocenters. The van der Waals surface area contributed by atoms with Crippen LogP contribution in [0.3, 0.4) is 0 Å². The highest BCUT2D eigenvalue weighted by Crippen LogP contribution is 2.41. The SMILES string of the molecule is C1CCOC1.CN1CCC(C(C)(O)c2cc(F)c3c(c2)C(=O)N(Cc2ncc(Cl)cn2)C3O)CC1.Clc1ccccc1. The molecule has 0 aliphatic carbocycles. The van der Waals surface area contributed by atoms with E-state index in [1.165, 1.54) is 37.4 Å². The molecule has 3 aromatic rings. The van der Waals surface area contributed by atoms with Crippen molar-refractivity contribution in [3.05, 3.63) is 93.2 Å². The van der Waals surface area contributed by atoms with Crippen LogP contribution in [0, 0.1) is 11.7 Å². The summed E-state index contributed by atoms with van der Waals surface area (Å²) in [5.74, 6) is -1.02. The van der Waals surface area contributed by atoms with Crippen LogP contribution in [0.1, 0.15) is 66.1 Å². The molecule has 3 aliphatic rings. The largest absolute Gasteiger partial charge is 0.385 e. The van der Waals surface area contributed by atoms with Crippen LogP contribution in [0.15, 0.2) is 54.9 Å². The minimum Gasteiger partial charge on any atom is -0.385 e. The van der Waals surface area contributed by atoms with E-state index in [0.29, 0.717) is 10.6 Å². The molecule has 2 fully saturated rings. The van der Waals surface area contributed by atoms with Gasteiger partial charge in [0.25, 0.3) is 5.91 Å². The molecule has 0 spiro atoms. The topological polar surface area (TPSA) is 99.0 Å². The van der Waals surface area contributed by atoms with Gasteiger partial charge in [-0.3, -0.25) is 4.79 Å². The Bertz CT molecular complexity index is 1310. The molecule has 0 radical (unpaired) electrons. The summed E-state index contributed by atoms with van der Waals surface area (Å²) in [6.07, 6.45) is 5.44. The number of benzene rings is 2. The fraction of sp³-hybridized carbons (Fsp3) is 0.452. The highest BCUT2D eigenvalue weighted by Gasteiger charge is 2.42. The van der Waals surface area contributed by atoms with Crippen molar-refractivity contribution in [2.45, 2.75) is 51.0 Å². The van der Waals surface area contributed by atoms with Crippen molar-refractivity contribution >= 4 is 29.1 Å². The Balaban J connectivity index is 0.000000278. The number of aromatic nitrogens is 2. The van der Waals surface area contributed by atoms with Gasteiger partial charge in [-0.1, -0.05) is 41.4 Å². The normalized spacial score (nSPS) is 20.2. The zero-order chi connectivity index (χ0) is 30.3. The van der Waals surface area contributed by atoms with Gasteiger partial charge in [0.15, 0.2) is 6.23 Å². The van der Waals surface area contributed by atoms with Crippen molar-refractivity contribution in [1.29, 1.82) is 0 Å². The number of carbonyl (C=O) groups excluding carboxylic acids is 1. The Hall–Kier alpha value is -2.66. The maximum absolute atomic E-state index is 15.0. The lowest BCUT2D eigenvalue weighted by Crippen LogP contribution is -2.40. The Morgan fingerprint density at radius 1 is 1.05 bits per heavy atom. The van der Waals surface area contributed by atoms with Gasteiger partial charge in [0.05, 0.1) is 22.7 Å². The summed E-state index contributed by atoms with van der Waals surface area (Å²) in [6, 6.07) is 12.2. The highest BCUT2D eigenvalue weighted by atomic mass is 35.5. The number of ether oxygens (including phenoxy) is 1. The van der Waals surface area contributed by atoms with Gasteiger partial charge in [-0.25, -0.2) is 14.4 Å². The quantitative estimate of drug-likeness (QED) is 0.392. The molecular formula is C31H37Cl2FN4O4. The maximum Gasteiger partial charge on any atom is 0.257 e. The number of fused-ring (bicyclic) bond motifs is 1. The third-order valence-corrected chi connectivity index (χ3v) is 8.27. The molecule has 0 saturated carbocycles. The first-order chi connectivity index (χ1) is 20.1. The Kier molecular flexibility index (Phi) is 11.3. The molecular weight excluding hydrogens is 582 g/mol. The lowest BCUT2D eigenvalue weighted by Gasteiger charge is -2.39. The third-order valence-electron chi connectivity index (χ3n) is 7.82. The number of aliphatic hydroxyl groups is 2. The summed E-state index contributed by atoms with van der Waals surface area (Å²) in [5, 5.41) is 23.0. The van der Waals surface area contributed by atoms with Crippen LogP contribution in [-0.4, -0.2) is 69.2 Å². The lowest BCUT2D eigenvalue weighted by molar-refractivity contribution is -0.0305. The third kappa shape index (κ3) is 8.03. The number of likely N-dealkylation sites (tertiary alicyclic amines) is 1. The van der Waals surface area contributed by atoms with Gasteiger partial charge in [0.2, 0.25) is 0 Å². The predicted molar refractivity (Wildman–Crippen MR) is 160 cm³/mol. The average Bonchev–Trinajstić information content (AvgIpc) is 3.64. The molecule has 0 bridgehead atoms. The van der Waals surface area contributed by atoms with Crippen LogP contribution < -0.4 is 0 Å². The molecule has 1 amide bonds. The van der Waals surface area contributed by atoms with E-state index in [9.17, 15) is 19.4 Å². The van der Waals surface area contributed by atoms with E-state index >= 15 is 0 Å². The number of hydrogen-bond donors (Lipinski definition) is 2. The Morgan fingerprint density at radius 3 is 2.19 bits per heavy atom. The predicted octanol–water partition coefficient (Wildman–Crippen LogP) is 5.60. The summed E-state index contributed by atoms with van der Waals surface area (Å²) in [7, 11) is 2.03. The lowest BCUT2D eigenvalue weighted by atomic mass is 9.77. The van der Waals surface area contributed by atoms with E-state index in [1.54, 1.807) is 6.92 Å². The van der Waals surface area contributed by atoms with Crippen LogP contribution in [-0.2, 0) is 16.9 Å². The monoisotopic (exact) mass is 618 g/mol. The van der Waals surface area contributed by atoms with Gasteiger partial charge < -0.3 is 24.7 Å². The van der Waals surface area contributed by atoms with E-state index in [2.05, 4.69) is 14.9 Å². The van der Waals surface area contributed by atoms with Gasteiger partial charge in [0, 0.05) is 36.2 Å². The first kappa shape index (κ1) is 32.3. The van der Waals surface area contributed by atoms with Crippen molar-refractivity contribution in [3.8, 4) is 0 Å². The van der Waals surface area contributed by atoms with Crippen LogP contribution >= 0.6 is 23.2 Å². The number of amides is 1. The second-order valence-electron chi connectivity index (χ2n) is 10.9. The fourth-order valence-corrected chi connectivity index (χ4v) is 5.48. The number of rotatable bonds is 4. The van der Waals surface area contributed by atoms with E-state index in [4.69, 9.17) is 27.9 Å². The molecule has 2 unspecified atom stereocenters. The van der Waals surface area contributed by atoms with E-state index in [1.807, 2.05) is 37.4 Å². The van der Waals surface area contributed by atoms with Crippen LogP contribution in [0.25, 0.3) is 0 Å². The molecule has 11 heteroatoms. The Labute approximate surface area is 256 Å². The number of piperidine rings is 1. The summed E-state index contributed by atoms with van der Waals surface area (Å²) >= 11 is 11.3. The van der Waals surface area contributed by atoms with Gasteiger partial charge in [-0.2, -0.15) is 0 Å². The average molecular weight is 620 g/mol. The van der Waals surface area contributed by atoms with Gasteiger partial charge in [-0.15, -0.1) is 0 Å². The summed E-state index contributed by atoms with van der Waals surface area (Å²) in [5.41, 5.74) is -0.968. The molecule has 1 aromatic heterocycles. The first-order valence-corrected chi connectivity index (χ1v) is 14.8. The van der Waals surface area contributed by atoms with Crippen molar-refractivity contribution in [2.24, 2.45) is 5.92 Å². The zero-order valence-corrected chi connectivity index (χ0v) is 25.4.